The van der Waals surface area contributed by atoms with Crippen LogP contribution >= 0.6 is 0 Å². The van der Waals surface area contributed by atoms with Gasteiger partial charge in [-0.15, -0.1) is 13.2 Å². The van der Waals surface area contributed by atoms with Crippen LogP contribution in [0.25, 0.3) is 0 Å². The monoisotopic (exact) mass is 434 g/mol. The van der Waals surface area contributed by atoms with Crippen LogP contribution in [-0.2, 0) is 20.7 Å². The van der Waals surface area contributed by atoms with Crippen molar-refractivity contribution in [2.24, 2.45) is 0 Å². The summed E-state index contributed by atoms with van der Waals surface area (Å²) in [5, 5.41) is 2.58. The fourth-order valence-electron chi connectivity index (χ4n) is 3.66. The molecule has 1 fully saturated rings. The Morgan fingerprint density at radius 3 is 2.68 bits per heavy atom. The molecule has 2 heterocycles. The van der Waals surface area contributed by atoms with E-state index >= 15 is 0 Å². The van der Waals surface area contributed by atoms with E-state index < -0.39 is 42.0 Å². The summed E-state index contributed by atoms with van der Waals surface area (Å²) in [4.78, 5) is 38.7. The number of hydrogen-bond acceptors (Lipinski definition) is 5. The first-order valence-electron chi connectivity index (χ1n) is 9.48. The van der Waals surface area contributed by atoms with Crippen LogP contribution in [0.5, 0.6) is 5.75 Å². The number of rotatable bonds is 4. The maximum atomic E-state index is 12.7. The van der Waals surface area contributed by atoms with Crippen molar-refractivity contribution < 1.29 is 37.0 Å². The Kier molecular flexibility index (Phi) is 5.30. The van der Waals surface area contributed by atoms with Crippen LogP contribution < -0.4 is 15.0 Å². The average molecular weight is 434 g/mol. The lowest BCUT2D eigenvalue weighted by molar-refractivity contribution is -0.274. The standard InChI is InChI=1S/C21H17F3N2O5/c22-21(23,24)31-14-6-3-5-13(11-14)26-9-8-16(19(26)28)25-18(27)17-10-12-4-1-2-7-15(12)20(29)30-17/h1-7,11,16-17H,8-10H2,(H,25,27). The number of fused-ring (bicyclic) bond motifs is 1. The number of carbonyl (C=O) groups excluding carboxylic acids is 3. The quantitative estimate of drug-likeness (QED) is 0.748. The van der Waals surface area contributed by atoms with Gasteiger partial charge in [0, 0.05) is 24.7 Å². The molecule has 31 heavy (non-hydrogen) atoms. The average Bonchev–Trinajstić information content (AvgIpc) is 3.07. The molecule has 0 aromatic heterocycles. The van der Waals surface area contributed by atoms with E-state index in [0.29, 0.717) is 11.1 Å². The first-order chi connectivity index (χ1) is 14.7. The highest BCUT2D eigenvalue weighted by atomic mass is 19.4. The molecular weight excluding hydrogens is 417 g/mol. The Morgan fingerprint density at radius 2 is 1.90 bits per heavy atom. The number of benzene rings is 2. The van der Waals surface area contributed by atoms with E-state index in [1.165, 1.54) is 17.0 Å². The van der Waals surface area contributed by atoms with Gasteiger partial charge in [0.15, 0.2) is 6.10 Å². The van der Waals surface area contributed by atoms with Crippen molar-refractivity contribution in [3.8, 4) is 5.75 Å². The Hall–Kier alpha value is -3.56. The van der Waals surface area contributed by atoms with Gasteiger partial charge < -0.3 is 19.7 Å². The van der Waals surface area contributed by atoms with E-state index in [2.05, 4.69) is 10.1 Å². The molecule has 2 atom stereocenters. The van der Waals surface area contributed by atoms with Gasteiger partial charge in [-0.1, -0.05) is 24.3 Å². The summed E-state index contributed by atoms with van der Waals surface area (Å²) in [5.41, 5.74) is 1.30. The molecule has 2 unspecified atom stereocenters. The van der Waals surface area contributed by atoms with Gasteiger partial charge in [-0.25, -0.2) is 4.79 Å². The molecule has 2 aliphatic rings. The molecule has 0 radical (unpaired) electrons. The predicted molar refractivity (Wildman–Crippen MR) is 101 cm³/mol. The van der Waals surface area contributed by atoms with Crippen molar-refractivity contribution in [2.45, 2.75) is 31.3 Å². The Labute approximate surface area is 174 Å². The highest BCUT2D eigenvalue weighted by Gasteiger charge is 2.38. The number of halogens is 3. The molecule has 2 aromatic carbocycles. The zero-order valence-corrected chi connectivity index (χ0v) is 16.0. The highest BCUT2D eigenvalue weighted by molar-refractivity contribution is 6.02. The van der Waals surface area contributed by atoms with Crippen LogP contribution in [0.3, 0.4) is 0 Å². The minimum absolute atomic E-state index is 0.190. The van der Waals surface area contributed by atoms with Crippen molar-refractivity contribution >= 4 is 23.5 Å². The van der Waals surface area contributed by atoms with Crippen LogP contribution in [0.15, 0.2) is 48.5 Å². The Balaban J connectivity index is 1.42. The summed E-state index contributed by atoms with van der Waals surface area (Å²) in [6, 6.07) is 11.0. The molecule has 2 amide bonds. The topological polar surface area (TPSA) is 84.9 Å². The summed E-state index contributed by atoms with van der Waals surface area (Å²) in [6.45, 7) is 0.201. The van der Waals surface area contributed by atoms with E-state index in [-0.39, 0.29) is 25.1 Å². The molecule has 2 aliphatic heterocycles. The van der Waals surface area contributed by atoms with Crippen molar-refractivity contribution in [1.29, 1.82) is 0 Å². The first-order valence-corrected chi connectivity index (χ1v) is 9.48. The van der Waals surface area contributed by atoms with Crippen LogP contribution in [-0.4, -0.2) is 42.8 Å². The van der Waals surface area contributed by atoms with Gasteiger partial charge in [0.25, 0.3) is 5.91 Å². The third kappa shape index (κ3) is 4.47. The fourth-order valence-corrected chi connectivity index (χ4v) is 3.66. The van der Waals surface area contributed by atoms with Crippen LogP contribution in [0, 0.1) is 0 Å². The highest BCUT2D eigenvalue weighted by Crippen LogP contribution is 2.29. The third-order valence-electron chi connectivity index (χ3n) is 5.07. The second-order valence-electron chi connectivity index (χ2n) is 7.14. The van der Waals surface area contributed by atoms with Crippen LogP contribution in [0.1, 0.15) is 22.3 Å². The minimum atomic E-state index is -4.85. The van der Waals surface area contributed by atoms with E-state index in [9.17, 15) is 27.6 Å². The first kappa shape index (κ1) is 20.7. The predicted octanol–water partition coefficient (Wildman–Crippen LogP) is 2.59. The molecule has 2 aromatic rings. The lowest BCUT2D eigenvalue weighted by atomic mass is 9.98. The number of cyclic esters (lactones) is 1. The summed E-state index contributed by atoms with van der Waals surface area (Å²) in [6.07, 6.45) is -5.46. The van der Waals surface area contributed by atoms with Gasteiger partial charge in [0.05, 0.1) is 5.56 Å². The van der Waals surface area contributed by atoms with Crippen molar-refractivity contribution in [1.82, 2.24) is 5.32 Å². The molecule has 1 saturated heterocycles. The number of ether oxygens (including phenoxy) is 2. The van der Waals surface area contributed by atoms with Crippen molar-refractivity contribution in [3.05, 3.63) is 59.7 Å². The SMILES string of the molecule is O=C1OC(C(=O)NC2CCN(c3cccc(OC(F)(F)F)c3)C2=O)Cc2ccccc21. The summed E-state index contributed by atoms with van der Waals surface area (Å²) in [7, 11) is 0. The van der Waals surface area contributed by atoms with E-state index in [1.54, 1.807) is 24.3 Å². The number of alkyl halides is 3. The van der Waals surface area contributed by atoms with Gasteiger partial charge in [0.1, 0.15) is 11.8 Å². The second-order valence-corrected chi connectivity index (χ2v) is 7.14. The van der Waals surface area contributed by atoms with Gasteiger partial charge in [-0.2, -0.15) is 0 Å². The number of nitrogens with one attached hydrogen (secondary N) is 1. The van der Waals surface area contributed by atoms with Crippen LogP contribution in [0.2, 0.25) is 0 Å². The number of hydrogen-bond donors (Lipinski definition) is 1. The number of anilines is 1. The maximum Gasteiger partial charge on any atom is 0.573 e. The molecule has 1 N–H and O–H groups in total. The number of nitrogens with zero attached hydrogens (tertiary/aromatic N) is 1. The molecule has 4 rings (SSSR count). The molecule has 0 bridgehead atoms. The summed E-state index contributed by atoms with van der Waals surface area (Å²) < 4.78 is 46.4. The molecule has 0 aliphatic carbocycles. The van der Waals surface area contributed by atoms with Gasteiger partial charge >= 0.3 is 12.3 Å². The number of amides is 2. The van der Waals surface area contributed by atoms with E-state index in [0.717, 1.165) is 12.1 Å². The molecule has 7 nitrogen and oxygen atoms in total. The lowest BCUT2D eigenvalue weighted by Crippen LogP contribution is -2.48. The molecule has 10 heteroatoms. The maximum absolute atomic E-state index is 12.7. The lowest BCUT2D eigenvalue weighted by Gasteiger charge is -2.25. The molecule has 0 saturated carbocycles. The smallest absolute Gasteiger partial charge is 0.448 e. The Morgan fingerprint density at radius 1 is 1.13 bits per heavy atom. The third-order valence-corrected chi connectivity index (χ3v) is 5.07. The van der Waals surface area contributed by atoms with Crippen molar-refractivity contribution in [2.75, 3.05) is 11.4 Å². The fraction of sp³-hybridized carbons (Fsp3) is 0.286. The largest absolute Gasteiger partial charge is 0.573 e. The summed E-state index contributed by atoms with van der Waals surface area (Å²) >= 11 is 0. The second kappa shape index (κ2) is 7.93. The zero-order valence-electron chi connectivity index (χ0n) is 16.0. The van der Waals surface area contributed by atoms with Gasteiger partial charge in [0.2, 0.25) is 5.91 Å². The van der Waals surface area contributed by atoms with Gasteiger partial charge in [-0.3, -0.25) is 9.59 Å². The molecule has 162 valence electrons. The Bertz CT molecular complexity index is 1040. The van der Waals surface area contributed by atoms with Crippen LogP contribution in [0.4, 0.5) is 18.9 Å². The zero-order chi connectivity index (χ0) is 22.2. The molecular formula is C21H17F3N2O5. The normalized spacial score (nSPS) is 20.8. The molecule has 0 spiro atoms. The number of carbonyl (C=O) groups is 3. The van der Waals surface area contributed by atoms with Gasteiger partial charge in [-0.05, 0) is 30.2 Å². The van der Waals surface area contributed by atoms with E-state index in [1.807, 2.05) is 0 Å². The number of esters is 1. The van der Waals surface area contributed by atoms with Crippen molar-refractivity contribution in [3.63, 3.8) is 0 Å². The summed E-state index contributed by atoms with van der Waals surface area (Å²) in [5.74, 6) is -2.13. The van der Waals surface area contributed by atoms with E-state index in [4.69, 9.17) is 4.74 Å². The minimum Gasteiger partial charge on any atom is -0.448 e.